The van der Waals surface area contributed by atoms with E-state index >= 15 is 0 Å². The van der Waals surface area contributed by atoms with Gasteiger partial charge in [0.1, 0.15) is 5.60 Å². The van der Waals surface area contributed by atoms with Crippen LogP contribution in [-0.2, 0) is 23.0 Å². The zero-order chi connectivity index (χ0) is 11.8. The molecule has 0 saturated carbocycles. The van der Waals surface area contributed by atoms with Gasteiger partial charge < -0.3 is 4.74 Å². The lowest BCUT2D eigenvalue weighted by Crippen LogP contribution is -2.35. The van der Waals surface area contributed by atoms with Crippen molar-refractivity contribution in [3.05, 3.63) is 17.5 Å². The van der Waals surface area contributed by atoms with Crippen LogP contribution >= 0.6 is 0 Å². The van der Waals surface area contributed by atoms with E-state index in [2.05, 4.69) is 5.10 Å². The molecule has 0 aliphatic carbocycles. The van der Waals surface area contributed by atoms with E-state index in [1.165, 1.54) is 0 Å². The first-order valence-corrected chi connectivity index (χ1v) is 5.68. The van der Waals surface area contributed by atoms with Gasteiger partial charge in [0.2, 0.25) is 0 Å². The molecule has 16 heavy (non-hydrogen) atoms. The predicted molar refractivity (Wildman–Crippen MR) is 60.2 cm³/mol. The molecule has 2 heterocycles. The molecule has 88 valence electrons. The average Bonchev–Trinajstić information content (AvgIpc) is 2.75. The van der Waals surface area contributed by atoms with Crippen molar-refractivity contribution in [3.8, 4) is 0 Å². The topological polar surface area (TPSA) is 44.1 Å². The van der Waals surface area contributed by atoms with Crippen LogP contribution in [0.15, 0.2) is 6.07 Å². The Morgan fingerprint density at radius 2 is 2.44 bits per heavy atom. The second kappa shape index (κ2) is 4.01. The first-order chi connectivity index (χ1) is 7.51. The van der Waals surface area contributed by atoms with E-state index in [9.17, 15) is 4.79 Å². The third kappa shape index (κ3) is 2.02. The third-order valence-electron chi connectivity index (χ3n) is 3.25. The molecule has 1 aromatic heterocycles. The van der Waals surface area contributed by atoms with Crippen molar-refractivity contribution in [2.45, 2.75) is 38.7 Å². The standard InChI is InChI=1S/C12H18N2O2/c1-9-7-10(14(3)13-9)8-11(15)12(2)5-4-6-16-12/h7H,4-6,8H2,1-3H3. The van der Waals surface area contributed by atoms with Gasteiger partial charge in [0, 0.05) is 19.3 Å². The van der Waals surface area contributed by atoms with Crippen molar-refractivity contribution >= 4 is 5.78 Å². The molecule has 0 aromatic carbocycles. The highest BCUT2D eigenvalue weighted by Gasteiger charge is 2.37. The maximum absolute atomic E-state index is 12.1. The fourth-order valence-corrected chi connectivity index (χ4v) is 2.18. The molecule has 4 nitrogen and oxygen atoms in total. The molecule has 1 saturated heterocycles. The largest absolute Gasteiger partial charge is 0.367 e. The van der Waals surface area contributed by atoms with Crippen LogP contribution in [-0.4, -0.2) is 27.8 Å². The first kappa shape index (κ1) is 11.3. The number of hydrogen-bond acceptors (Lipinski definition) is 3. The van der Waals surface area contributed by atoms with Gasteiger partial charge in [0.15, 0.2) is 5.78 Å². The van der Waals surface area contributed by atoms with Crippen molar-refractivity contribution in [1.29, 1.82) is 0 Å². The molecule has 1 aliphatic rings. The molecule has 0 N–H and O–H groups in total. The van der Waals surface area contributed by atoms with E-state index in [0.29, 0.717) is 13.0 Å². The van der Waals surface area contributed by atoms with Crippen molar-refractivity contribution < 1.29 is 9.53 Å². The van der Waals surface area contributed by atoms with Crippen LogP contribution in [0.5, 0.6) is 0 Å². The molecular weight excluding hydrogens is 204 g/mol. The fraction of sp³-hybridized carbons (Fsp3) is 0.667. The highest BCUT2D eigenvalue weighted by Crippen LogP contribution is 2.27. The molecular formula is C12H18N2O2. The maximum atomic E-state index is 12.1. The van der Waals surface area contributed by atoms with Gasteiger partial charge in [-0.2, -0.15) is 5.10 Å². The van der Waals surface area contributed by atoms with Gasteiger partial charge >= 0.3 is 0 Å². The van der Waals surface area contributed by atoms with Gasteiger partial charge in [-0.3, -0.25) is 9.48 Å². The Hall–Kier alpha value is -1.16. The van der Waals surface area contributed by atoms with Gasteiger partial charge in [-0.05, 0) is 32.8 Å². The van der Waals surface area contributed by atoms with E-state index in [0.717, 1.165) is 24.2 Å². The monoisotopic (exact) mass is 222 g/mol. The molecule has 2 rings (SSSR count). The molecule has 1 unspecified atom stereocenters. The molecule has 1 atom stereocenters. The maximum Gasteiger partial charge on any atom is 0.170 e. The summed E-state index contributed by atoms with van der Waals surface area (Å²) in [6.07, 6.45) is 2.23. The van der Waals surface area contributed by atoms with E-state index in [1.807, 2.05) is 27.0 Å². The summed E-state index contributed by atoms with van der Waals surface area (Å²) in [5.41, 5.74) is 1.33. The predicted octanol–water partition coefficient (Wildman–Crippen LogP) is 1.41. The Labute approximate surface area is 95.6 Å². The molecule has 4 heteroatoms. The number of carbonyl (C=O) groups is 1. The smallest absolute Gasteiger partial charge is 0.170 e. The van der Waals surface area contributed by atoms with Crippen molar-refractivity contribution in [2.24, 2.45) is 7.05 Å². The number of ether oxygens (including phenoxy) is 1. The molecule has 1 aromatic rings. The van der Waals surface area contributed by atoms with Gasteiger partial charge in [-0.25, -0.2) is 0 Å². The number of Topliss-reactive ketones (excluding diaryl/α,β-unsaturated/α-hetero) is 1. The van der Waals surface area contributed by atoms with Gasteiger partial charge in [0.25, 0.3) is 0 Å². The summed E-state index contributed by atoms with van der Waals surface area (Å²) in [5.74, 6) is 0.160. The zero-order valence-corrected chi connectivity index (χ0v) is 10.1. The number of hydrogen-bond donors (Lipinski definition) is 0. The number of aryl methyl sites for hydroxylation is 2. The Kier molecular flexibility index (Phi) is 2.84. The third-order valence-corrected chi connectivity index (χ3v) is 3.25. The van der Waals surface area contributed by atoms with Crippen LogP contribution < -0.4 is 0 Å². The number of ketones is 1. The Morgan fingerprint density at radius 3 is 2.94 bits per heavy atom. The lowest BCUT2D eigenvalue weighted by Gasteiger charge is -2.21. The van der Waals surface area contributed by atoms with Crippen LogP contribution in [0.4, 0.5) is 0 Å². The Morgan fingerprint density at radius 1 is 1.69 bits per heavy atom. The summed E-state index contributed by atoms with van der Waals surface area (Å²) in [6.45, 7) is 4.53. The SMILES string of the molecule is Cc1cc(CC(=O)C2(C)CCCO2)n(C)n1. The number of nitrogens with zero attached hydrogens (tertiary/aromatic N) is 2. The molecule has 1 fully saturated rings. The summed E-state index contributed by atoms with van der Waals surface area (Å²) in [5, 5.41) is 4.24. The Bertz CT molecular complexity index is 403. The summed E-state index contributed by atoms with van der Waals surface area (Å²) in [4.78, 5) is 12.1. The summed E-state index contributed by atoms with van der Waals surface area (Å²) in [7, 11) is 1.87. The van der Waals surface area contributed by atoms with Gasteiger partial charge in [-0.15, -0.1) is 0 Å². The fourth-order valence-electron chi connectivity index (χ4n) is 2.18. The zero-order valence-electron chi connectivity index (χ0n) is 10.1. The number of rotatable bonds is 3. The molecule has 0 amide bonds. The molecule has 0 radical (unpaired) electrons. The van der Waals surface area contributed by atoms with Crippen molar-refractivity contribution in [3.63, 3.8) is 0 Å². The first-order valence-electron chi connectivity index (χ1n) is 5.68. The summed E-state index contributed by atoms with van der Waals surface area (Å²) < 4.78 is 7.31. The average molecular weight is 222 g/mol. The summed E-state index contributed by atoms with van der Waals surface area (Å²) in [6, 6.07) is 1.95. The number of carbonyl (C=O) groups excluding carboxylic acids is 1. The molecule has 0 bridgehead atoms. The van der Waals surface area contributed by atoms with Gasteiger partial charge in [0.05, 0.1) is 12.1 Å². The molecule has 0 spiro atoms. The lowest BCUT2D eigenvalue weighted by atomic mass is 9.94. The van der Waals surface area contributed by atoms with E-state index in [1.54, 1.807) is 4.68 Å². The van der Waals surface area contributed by atoms with E-state index < -0.39 is 5.60 Å². The second-order valence-corrected chi connectivity index (χ2v) is 4.68. The molecule has 1 aliphatic heterocycles. The van der Waals surface area contributed by atoms with Crippen molar-refractivity contribution in [1.82, 2.24) is 9.78 Å². The highest BCUT2D eigenvalue weighted by molar-refractivity contribution is 5.88. The lowest BCUT2D eigenvalue weighted by molar-refractivity contribution is -0.136. The second-order valence-electron chi connectivity index (χ2n) is 4.68. The van der Waals surface area contributed by atoms with E-state index in [-0.39, 0.29) is 5.78 Å². The van der Waals surface area contributed by atoms with Crippen molar-refractivity contribution in [2.75, 3.05) is 6.61 Å². The minimum absolute atomic E-state index is 0.160. The quantitative estimate of drug-likeness (QED) is 0.776. The normalized spacial score (nSPS) is 24.9. The van der Waals surface area contributed by atoms with Crippen LogP contribution in [0.25, 0.3) is 0 Å². The minimum Gasteiger partial charge on any atom is -0.367 e. The van der Waals surface area contributed by atoms with Crippen LogP contribution in [0.1, 0.15) is 31.2 Å². The Balaban J connectivity index is 2.10. The van der Waals surface area contributed by atoms with Crippen LogP contribution in [0.3, 0.4) is 0 Å². The number of aromatic nitrogens is 2. The van der Waals surface area contributed by atoms with E-state index in [4.69, 9.17) is 4.74 Å². The van der Waals surface area contributed by atoms with Crippen LogP contribution in [0.2, 0.25) is 0 Å². The van der Waals surface area contributed by atoms with Gasteiger partial charge in [-0.1, -0.05) is 0 Å². The minimum atomic E-state index is -0.571. The van der Waals surface area contributed by atoms with Crippen LogP contribution in [0, 0.1) is 6.92 Å². The summed E-state index contributed by atoms with van der Waals surface area (Å²) >= 11 is 0. The highest BCUT2D eigenvalue weighted by atomic mass is 16.5.